The zero-order valence-electron chi connectivity index (χ0n) is 15.2. The molecule has 6 nitrogen and oxygen atoms in total. The maximum Gasteiger partial charge on any atom is 0.273 e. The van der Waals surface area contributed by atoms with Crippen LogP contribution < -0.4 is 5.56 Å². The molecule has 0 saturated carbocycles. The van der Waals surface area contributed by atoms with Gasteiger partial charge in [0.1, 0.15) is 4.83 Å². The van der Waals surface area contributed by atoms with E-state index in [1.54, 1.807) is 40.2 Å². The molecule has 0 amide bonds. The Morgan fingerprint density at radius 2 is 2.11 bits per heavy atom. The van der Waals surface area contributed by atoms with Crippen molar-refractivity contribution in [3.05, 3.63) is 73.4 Å². The van der Waals surface area contributed by atoms with Gasteiger partial charge in [-0.1, -0.05) is 36.0 Å². The van der Waals surface area contributed by atoms with E-state index in [1.165, 1.54) is 22.7 Å². The van der Waals surface area contributed by atoms with Crippen molar-refractivity contribution >= 4 is 39.0 Å². The third kappa shape index (κ3) is 3.38. The Bertz CT molecular complexity index is 1130. The van der Waals surface area contributed by atoms with E-state index in [9.17, 15) is 14.9 Å². The lowest BCUT2D eigenvalue weighted by Gasteiger charge is -2.12. The summed E-state index contributed by atoms with van der Waals surface area (Å²) in [6, 6.07) is 6.67. The third-order valence-corrected chi connectivity index (χ3v) is 7.11. The van der Waals surface area contributed by atoms with Crippen LogP contribution in [0, 0.1) is 10.1 Å². The number of aromatic nitrogens is 2. The Morgan fingerprint density at radius 3 is 2.89 bits per heavy atom. The fraction of sp³-hybridized carbons (Fsp3) is 0.300. The number of para-hydroxylation sites is 1. The largest absolute Gasteiger partial charge is 0.283 e. The van der Waals surface area contributed by atoms with E-state index in [1.807, 2.05) is 0 Å². The van der Waals surface area contributed by atoms with E-state index in [0.29, 0.717) is 23.0 Å². The van der Waals surface area contributed by atoms with Crippen molar-refractivity contribution in [3.63, 3.8) is 0 Å². The summed E-state index contributed by atoms with van der Waals surface area (Å²) in [6.45, 7) is 4.13. The number of hydrogen-bond acceptors (Lipinski definition) is 6. The lowest BCUT2D eigenvalue weighted by Crippen LogP contribution is -2.23. The summed E-state index contributed by atoms with van der Waals surface area (Å²) in [4.78, 5) is 30.9. The van der Waals surface area contributed by atoms with Crippen LogP contribution in [0.2, 0.25) is 0 Å². The standard InChI is InChI=1S/C20H19N3O3S2/c1-2-11-22-19(24)17-14-8-4-6-10-16(14)28-18(17)21-20(22)27-12-13-7-3-5-9-15(13)23(25)26/h2-3,5,7,9H,1,4,6,8,10-12H2. The molecule has 8 heteroatoms. The minimum Gasteiger partial charge on any atom is -0.283 e. The molecule has 3 aromatic rings. The smallest absolute Gasteiger partial charge is 0.273 e. The average molecular weight is 414 g/mol. The van der Waals surface area contributed by atoms with Crippen LogP contribution in [0.15, 0.2) is 46.9 Å². The minimum atomic E-state index is -0.378. The van der Waals surface area contributed by atoms with E-state index in [4.69, 9.17) is 4.98 Å². The number of fused-ring (bicyclic) bond motifs is 3. The molecule has 4 rings (SSSR count). The van der Waals surface area contributed by atoms with Gasteiger partial charge >= 0.3 is 0 Å². The third-order valence-electron chi connectivity index (χ3n) is 4.90. The number of nitro groups is 1. The van der Waals surface area contributed by atoms with Crippen molar-refractivity contribution in [2.24, 2.45) is 0 Å². The van der Waals surface area contributed by atoms with Gasteiger partial charge in [-0.05, 0) is 31.2 Å². The van der Waals surface area contributed by atoms with Crippen molar-refractivity contribution in [1.82, 2.24) is 9.55 Å². The van der Waals surface area contributed by atoms with Crippen molar-refractivity contribution in [2.45, 2.75) is 43.1 Å². The van der Waals surface area contributed by atoms with Gasteiger partial charge in [-0.3, -0.25) is 19.5 Å². The van der Waals surface area contributed by atoms with Crippen LogP contribution in [-0.2, 0) is 25.1 Å². The fourth-order valence-electron chi connectivity index (χ4n) is 3.57. The number of thiophene rings is 1. The van der Waals surface area contributed by atoms with Gasteiger partial charge in [0, 0.05) is 28.8 Å². The maximum atomic E-state index is 13.2. The summed E-state index contributed by atoms with van der Waals surface area (Å²) in [5, 5.41) is 12.6. The van der Waals surface area contributed by atoms with E-state index < -0.39 is 0 Å². The first-order valence-electron chi connectivity index (χ1n) is 9.11. The zero-order chi connectivity index (χ0) is 19.7. The number of hydrogen-bond donors (Lipinski definition) is 0. The summed E-state index contributed by atoms with van der Waals surface area (Å²) in [6.07, 6.45) is 5.88. The molecule has 0 aliphatic heterocycles. The Labute approximate surface area is 170 Å². The predicted octanol–water partition coefficient (Wildman–Crippen LogP) is 4.72. The van der Waals surface area contributed by atoms with Crippen LogP contribution in [0.5, 0.6) is 0 Å². The molecular weight excluding hydrogens is 394 g/mol. The molecule has 1 aliphatic rings. The first-order chi connectivity index (χ1) is 13.6. The molecule has 1 aromatic carbocycles. The van der Waals surface area contributed by atoms with E-state index in [2.05, 4.69) is 6.58 Å². The van der Waals surface area contributed by atoms with Crippen LogP contribution >= 0.6 is 23.1 Å². The second-order valence-electron chi connectivity index (χ2n) is 6.66. The summed E-state index contributed by atoms with van der Waals surface area (Å²) >= 11 is 2.97. The summed E-state index contributed by atoms with van der Waals surface area (Å²) in [7, 11) is 0. The van der Waals surface area contributed by atoms with Crippen molar-refractivity contribution < 1.29 is 4.92 Å². The molecule has 0 saturated heterocycles. The van der Waals surface area contributed by atoms with Gasteiger partial charge in [-0.25, -0.2) is 4.98 Å². The number of nitrogens with zero attached hydrogens (tertiary/aromatic N) is 3. The van der Waals surface area contributed by atoms with Crippen LogP contribution in [0.4, 0.5) is 5.69 Å². The second kappa shape index (κ2) is 7.89. The number of benzene rings is 1. The van der Waals surface area contributed by atoms with Gasteiger partial charge in [0.05, 0.1) is 10.3 Å². The highest BCUT2D eigenvalue weighted by Gasteiger charge is 2.22. The summed E-state index contributed by atoms with van der Waals surface area (Å²) in [5.41, 5.74) is 1.83. The van der Waals surface area contributed by atoms with E-state index in [-0.39, 0.29) is 16.2 Å². The molecule has 28 heavy (non-hydrogen) atoms. The first-order valence-corrected chi connectivity index (χ1v) is 10.9. The quantitative estimate of drug-likeness (QED) is 0.192. The molecule has 0 atom stereocenters. The van der Waals surface area contributed by atoms with Gasteiger partial charge in [-0.15, -0.1) is 17.9 Å². The lowest BCUT2D eigenvalue weighted by atomic mass is 9.97. The second-order valence-corrected chi connectivity index (χ2v) is 8.69. The number of thioether (sulfide) groups is 1. The lowest BCUT2D eigenvalue weighted by molar-refractivity contribution is -0.385. The number of allylic oxidation sites excluding steroid dienone is 1. The molecule has 2 aromatic heterocycles. The van der Waals surface area contributed by atoms with E-state index in [0.717, 1.165) is 41.5 Å². The van der Waals surface area contributed by atoms with Crippen LogP contribution in [0.3, 0.4) is 0 Å². The van der Waals surface area contributed by atoms with Crippen molar-refractivity contribution in [3.8, 4) is 0 Å². The van der Waals surface area contributed by atoms with Gasteiger partial charge in [0.15, 0.2) is 5.16 Å². The molecule has 2 heterocycles. The van der Waals surface area contributed by atoms with Crippen molar-refractivity contribution in [1.29, 1.82) is 0 Å². The van der Waals surface area contributed by atoms with Crippen LogP contribution in [0.25, 0.3) is 10.2 Å². The molecule has 0 radical (unpaired) electrons. The molecule has 0 spiro atoms. The molecule has 144 valence electrons. The summed E-state index contributed by atoms with van der Waals surface area (Å²) in [5.74, 6) is 0.372. The number of aryl methyl sites for hydroxylation is 2. The Hall–Kier alpha value is -2.45. The van der Waals surface area contributed by atoms with Gasteiger partial charge in [0.2, 0.25) is 0 Å². The summed E-state index contributed by atoms with van der Waals surface area (Å²) < 4.78 is 1.64. The molecule has 1 aliphatic carbocycles. The highest BCUT2D eigenvalue weighted by molar-refractivity contribution is 7.98. The minimum absolute atomic E-state index is 0.0330. The van der Waals surface area contributed by atoms with Crippen molar-refractivity contribution in [2.75, 3.05) is 0 Å². The maximum absolute atomic E-state index is 13.2. The molecule has 0 N–H and O–H groups in total. The Kier molecular flexibility index (Phi) is 5.32. The van der Waals surface area contributed by atoms with Crippen LogP contribution in [-0.4, -0.2) is 14.5 Å². The molecule has 0 fully saturated rings. The molecular formula is C20H19N3O3S2. The molecule has 0 bridgehead atoms. The fourth-order valence-corrected chi connectivity index (χ4v) is 5.88. The SMILES string of the molecule is C=CCn1c(SCc2ccccc2[N+](=O)[O-])nc2sc3c(c2c1=O)CCCC3. The van der Waals surface area contributed by atoms with Gasteiger partial charge in [-0.2, -0.15) is 0 Å². The normalized spacial score (nSPS) is 13.4. The van der Waals surface area contributed by atoms with Crippen LogP contribution in [0.1, 0.15) is 28.8 Å². The number of nitro benzene ring substituents is 1. The highest BCUT2D eigenvalue weighted by atomic mass is 32.2. The predicted molar refractivity (Wildman–Crippen MR) is 113 cm³/mol. The monoisotopic (exact) mass is 413 g/mol. The average Bonchev–Trinajstić information content (AvgIpc) is 3.07. The Morgan fingerprint density at radius 1 is 1.32 bits per heavy atom. The first kappa shape index (κ1) is 18.9. The molecule has 0 unspecified atom stereocenters. The highest BCUT2D eigenvalue weighted by Crippen LogP contribution is 2.35. The van der Waals surface area contributed by atoms with Gasteiger partial charge < -0.3 is 0 Å². The number of rotatable bonds is 6. The van der Waals surface area contributed by atoms with Gasteiger partial charge in [0.25, 0.3) is 11.2 Å². The Balaban J connectivity index is 1.76. The zero-order valence-corrected chi connectivity index (χ0v) is 16.9. The van der Waals surface area contributed by atoms with E-state index >= 15 is 0 Å². The topological polar surface area (TPSA) is 78.0 Å².